The van der Waals surface area contributed by atoms with Gasteiger partial charge in [0, 0.05) is 6.20 Å². The zero-order valence-corrected chi connectivity index (χ0v) is 7.23. The summed E-state index contributed by atoms with van der Waals surface area (Å²) in [5, 5.41) is 0. The molecular formula is C11H11NO. The molecule has 0 saturated heterocycles. The van der Waals surface area contributed by atoms with E-state index in [1.807, 2.05) is 48.7 Å². The number of hydrogen-bond acceptors (Lipinski definition) is 1. The van der Waals surface area contributed by atoms with Crippen LogP contribution in [0.5, 0.6) is 5.75 Å². The molecule has 0 aliphatic rings. The number of rotatable bonds is 3. The van der Waals surface area contributed by atoms with Crippen LogP contribution in [0.3, 0.4) is 0 Å². The predicted octanol–water partition coefficient (Wildman–Crippen LogP) is 2.59. The average Bonchev–Trinajstić information content (AvgIpc) is 2.69. The maximum absolute atomic E-state index is 5.52. The van der Waals surface area contributed by atoms with Crippen molar-refractivity contribution in [3.8, 4) is 5.75 Å². The smallest absolute Gasteiger partial charge is 0.128 e. The van der Waals surface area contributed by atoms with E-state index in [-0.39, 0.29) is 0 Å². The summed E-state index contributed by atoms with van der Waals surface area (Å²) < 4.78 is 5.52. The lowest BCUT2D eigenvalue weighted by Crippen LogP contribution is -1.94. The molecule has 0 atom stereocenters. The molecule has 0 saturated carbocycles. The van der Waals surface area contributed by atoms with E-state index in [0.717, 1.165) is 11.4 Å². The van der Waals surface area contributed by atoms with Crippen LogP contribution < -0.4 is 4.74 Å². The largest absolute Gasteiger partial charge is 0.487 e. The highest BCUT2D eigenvalue weighted by molar-refractivity contribution is 5.21. The Morgan fingerprint density at radius 2 is 1.85 bits per heavy atom. The highest BCUT2D eigenvalue weighted by atomic mass is 16.5. The second-order valence-corrected chi connectivity index (χ2v) is 2.80. The maximum atomic E-state index is 5.52. The van der Waals surface area contributed by atoms with E-state index in [4.69, 9.17) is 4.74 Å². The molecular weight excluding hydrogens is 162 g/mol. The van der Waals surface area contributed by atoms with E-state index in [1.165, 1.54) is 0 Å². The first-order valence-electron chi connectivity index (χ1n) is 4.25. The first-order chi connectivity index (χ1) is 6.45. The minimum absolute atomic E-state index is 0.594. The van der Waals surface area contributed by atoms with Crippen LogP contribution in [-0.2, 0) is 6.61 Å². The number of aromatic nitrogens is 1. The fraction of sp³-hybridized carbons (Fsp3) is 0.0909. The van der Waals surface area contributed by atoms with Crippen molar-refractivity contribution in [3.05, 3.63) is 54.4 Å². The van der Waals surface area contributed by atoms with Gasteiger partial charge in [0.15, 0.2) is 0 Å². The minimum Gasteiger partial charge on any atom is -0.487 e. The zero-order valence-electron chi connectivity index (χ0n) is 7.23. The number of ether oxygens (including phenoxy) is 1. The Morgan fingerprint density at radius 1 is 1.00 bits per heavy atom. The van der Waals surface area contributed by atoms with E-state index in [1.54, 1.807) is 0 Å². The molecule has 0 radical (unpaired) electrons. The van der Waals surface area contributed by atoms with Gasteiger partial charge in [0.05, 0.1) is 5.69 Å². The Morgan fingerprint density at radius 3 is 2.54 bits per heavy atom. The van der Waals surface area contributed by atoms with Crippen molar-refractivity contribution in [2.45, 2.75) is 6.61 Å². The number of para-hydroxylation sites is 1. The average molecular weight is 173 g/mol. The molecule has 2 aromatic rings. The molecule has 0 aliphatic carbocycles. The van der Waals surface area contributed by atoms with Crippen LogP contribution in [-0.4, -0.2) is 4.98 Å². The van der Waals surface area contributed by atoms with Crippen molar-refractivity contribution >= 4 is 0 Å². The molecule has 1 aromatic heterocycles. The lowest BCUT2D eigenvalue weighted by molar-refractivity contribution is 0.302. The molecule has 0 unspecified atom stereocenters. The SMILES string of the molecule is c1ccc(OCc2ccc[nH]2)cc1. The second kappa shape index (κ2) is 3.81. The lowest BCUT2D eigenvalue weighted by Gasteiger charge is -2.03. The van der Waals surface area contributed by atoms with E-state index in [9.17, 15) is 0 Å². The Balaban J connectivity index is 1.94. The number of nitrogens with one attached hydrogen (secondary N) is 1. The Hall–Kier alpha value is -1.70. The normalized spacial score (nSPS) is 9.85. The van der Waals surface area contributed by atoms with Gasteiger partial charge in [-0.3, -0.25) is 0 Å². The van der Waals surface area contributed by atoms with Gasteiger partial charge >= 0.3 is 0 Å². The summed E-state index contributed by atoms with van der Waals surface area (Å²) in [6.07, 6.45) is 1.89. The first kappa shape index (κ1) is 7.92. The maximum Gasteiger partial charge on any atom is 0.128 e. The molecule has 2 rings (SSSR count). The fourth-order valence-electron chi connectivity index (χ4n) is 1.14. The van der Waals surface area contributed by atoms with Crippen LogP contribution in [0.4, 0.5) is 0 Å². The molecule has 66 valence electrons. The van der Waals surface area contributed by atoms with Gasteiger partial charge < -0.3 is 9.72 Å². The van der Waals surface area contributed by atoms with Crippen LogP contribution in [0.1, 0.15) is 5.69 Å². The molecule has 0 bridgehead atoms. The Labute approximate surface area is 77.2 Å². The van der Waals surface area contributed by atoms with Crippen molar-refractivity contribution in [1.29, 1.82) is 0 Å². The van der Waals surface area contributed by atoms with Crippen LogP contribution in [0.15, 0.2) is 48.7 Å². The highest BCUT2D eigenvalue weighted by Crippen LogP contribution is 2.10. The van der Waals surface area contributed by atoms with Crippen molar-refractivity contribution in [3.63, 3.8) is 0 Å². The third-order valence-electron chi connectivity index (χ3n) is 1.80. The number of aromatic amines is 1. The topological polar surface area (TPSA) is 25.0 Å². The number of benzene rings is 1. The minimum atomic E-state index is 0.594. The van der Waals surface area contributed by atoms with Crippen LogP contribution in [0.2, 0.25) is 0 Å². The Bertz CT molecular complexity index is 340. The first-order valence-corrected chi connectivity index (χ1v) is 4.25. The van der Waals surface area contributed by atoms with Crippen molar-refractivity contribution < 1.29 is 4.74 Å². The summed E-state index contributed by atoms with van der Waals surface area (Å²) >= 11 is 0. The molecule has 0 spiro atoms. The van der Waals surface area contributed by atoms with E-state index >= 15 is 0 Å². The van der Waals surface area contributed by atoms with Crippen LogP contribution in [0.25, 0.3) is 0 Å². The molecule has 0 fully saturated rings. The van der Waals surface area contributed by atoms with Gasteiger partial charge in [-0.25, -0.2) is 0 Å². The van der Waals surface area contributed by atoms with E-state index < -0.39 is 0 Å². The summed E-state index contributed by atoms with van der Waals surface area (Å²) in [4.78, 5) is 3.08. The zero-order chi connectivity index (χ0) is 8.93. The second-order valence-electron chi connectivity index (χ2n) is 2.80. The predicted molar refractivity (Wildman–Crippen MR) is 51.6 cm³/mol. The molecule has 1 aromatic carbocycles. The summed E-state index contributed by atoms with van der Waals surface area (Å²) in [7, 11) is 0. The molecule has 2 heteroatoms. The molecule has 1 N–H and O–H groups in total. The van der Waals surface area contributed by atoms with Gasteiger partial charge in [-0.2, -0.15) is 0 Å². The third kappa shape index (κ3) is 2.12. The molecule has 0 amide bonds. The standard InChI is InChI=1S/C11H11NO/c1-2-6-11(7-3-1)13-9-10-5-4-8-12-10/h1-8,12H,9H2. The Kier molecular flexibility index (Phi) is 2.32. The lowest BCUT2D eigenvalue weighted by atomic mass is 10.3. The molecule has 1 heterocycles. The van der Waals surface area contributed by atoms with E-state index in [2.05, 4.69) is 4.98 Å². The summed E-state index contributed by atoms with van der Waals surface area (Å²) in [6, 6.07) is 13.8. The number of hydrogen-bond donors (Lipinski definition) is 1. The summed E-state index contributed by atoms with van der Waals surface area (Å²) in [6.45, 7) is 0.594. The molecule has 13 heavy (non-hydrogen) atoms. The van der Waals surface area contributed by atoms with Gasteiger partial charge in [0.1, 0.15) is 12.4 Å². The summed E-state index contributed by atoms with van der Waals surface area (Å²) in [5.74, 6) is 0.900. The van der Waals surface area contributed by atoms with Crippen molar-refractivity contribution in [2.24, 2.45) is 0 Å². The third-order valence-corrected chi connectivity index (χ3v) is 1.80. The fourth-order valence-corrected chi connectivity index (χ4v) is 1.14. The van der Waals surface area contributed by atoms with Gasteiger partial charge in [-0.1, -0.05) is 18.2 Å². The van der Waals surface area contributed by atoms with Crippen molar-refractivity contribution in [1.82, 2.24) is 4.98 Å². The summed E-state index contributed by atoms with van der Waals surface area (Å²) in [5.41, 5.74) is 1.09. The van der Waals surface area contributed by atoms with Crippen LogP contribution >= 0.6 is 0 Å². The molecule has 0 aliphatic heterocycles. The van der Waals surface area contributed by atoms with E-state index in [0.29, 0.717) is 6.61 Å². The highest BCUT2D eigenvalue weighted by Gasteiger charge is 1.93. The van der Waals surface area contributed by atoms with Gasteiger partial charge in [0.2, 0.25) is 0 Å². The van der Waals surface area contributed by atoms with Gasteiger partial charge in [0.25, 0.3) is 0 Å². The van der Waals surface area contributed by atoms with Crippen molar-refractivity contribution in [2.75, 3.05) is 0 Å². The van der Waals surface area contributed by atoms with Gasteiger partial charge in [-0.05, 0) is 24.3 Å². The quantitative estimate of drug-likeness (QED) is 0.758. The van der Waals surface area contributed by atoms with Gasteiger partial charge in [-0.15, -0.1) is 0 Å². The monoisotopic (exact) mass is 173 g/mol. The number of H-pyrrole nitrogens is 1. The van der Waals surface area contributed by atoms with Crippen LogP contribution in [0, 0.1) is 0 Å². The molecule has 2 nitrogen and oxygen atoms in total.